The van der Waals surface area contributed by atoms with Crippen LogP contribution in [0.1, 0.15) is 35.8 Å². The number of ketones is 1. The highest BCUT2D eigenvalue weighted by Gasteiger charge is 2.24. The van der Waals surface area contributed by atoms with Crippen LogP contribution in [0.4, 0.5) is 5.69 Å². The summed E-state index contributed by atoms with van der Waals surface area (Å²) in [6.45, 7) is 3.91. The Labute approximate surface area is 148 Å². The van der Waals surface area contributed by atoms with Gasteiger partial charge in [0, 0.05) is 38.7 Å². The van der Waals surface area contributed by atoms with Crippen molar-refractivity contribution in [3.8, 4) is 0 Å². The van der Waals surface area contributed by atoms with Gasteiger partial charge >= 0.3 is 0 Å². The first kappa shape index (κ1) is 20.7. The first-order valence-electron chi connectivity index (χ1n) is 7.43. The number of carbonyl (C=O) groups is 1. The summed E-state index contributed by atoms with van der Waals surface area (Å²) in [7, 11) is -0.0132. The molecule has 0 saturated carbocycles. The van der Waals surface area contributed by atoms with Gasteiger partial charge in [0.2, 0.25) is 5.78 Å². The molecule has 0 saturated heterocycles. The van der Waals surface area contributed by atoms with Crippen molar-refractivity contribution < 1.29 is 13.2 Å². The van der Waals surface area contributed by atoms with E-state index in [1.54, 1.807) is 32.8 Å². The molecule has 0 atom stereocenters. The molecule has 7 nitrogen and oxygen atoms in total. The predicted molar refractivity (Wildman–Crippen MR) is 99.5 cm³/mol. The van der Waals surface area contributed by atoms with Crippen LogP contribution in [0.3, 0.4) is 0 Å². The van der Waals surface area contributed by atoms with Crippen molar-refractivity contribution in [2.45, 2.75) is 32.7 Å². The lowest BCUT2D eigenvalue weighted by Gasteiger charge is -2.21. The Morgan fingerprint density at radius 1 is 1.24 bits per heavy atom. The molecule has 0 unspecified atom stereocenters. The molecular weight excluding hydrogens is 342 g/mol. The molecule has 2 aromatic rings. The second-order valence-electron chi connectivity index (χ2n) is 5.82. The molecule has 2 rings (SSSR count). The third kappa shape index (κ3) is 3.68. The number of rotatable bonds is 5. The van der Waals surface area contributed by atoms with Crippen LogP contribution in [0.25, 0.3) is 0 Å². The minimum Gasteiger partial charge on any atom is -0.376 e. The maximum atomic E-state index is 12.8. The van der Waals surface area contributed by atoms with E-state index in [0.29, 0.717) is 23.4 Å². The topological polar surface area (TPSA) is 92.2 Å². The monoisotopic (exact) mass is 367 g/mol. The quantitative estimate of drug-likeness (QED) is 0.814. The average Bonchev–Trinajstić information content (AvgIpc) is 2.85. The number of hydrogen-bond donors (Lipinski definition) is 1. The number of benzene rings is 1. The van der Waals surface area contributed by atoms with Crippen molar-refractivity contribution in [1.82, 2.24) is 9.78 Å². The van der Waals surface area contributed by atoms with E-state index in [1.807, 2.05) is 0 Å². The Morgan fingerprint density at radius 3 is 2.28 bits per heavy atom. The van der Waals surface area contributed by atoms with Crippen molar-refractivity contribution in [2.24, 2.45) is 0 Å². The SMILES string of the molecule is C.CCn1[nH]cc(C(=O)c2ccc(S(C)(=O)=O)c(N(C)C)c2C)c1=O. The van der Waals surface area contributed by atoms with E-state index in [0.717, 1.165) is 6.26 Å². The summed E-state index contributed by atoms with van der Waals surface area (Å²) in [6.07, 6.45) is 2.51. The highest BCUT2D eigenvalue weighted by molar-refractivity contribution is 7.90. The lowest BCUT2D eigenvalue weighted by molar-refractivity contribution is 0.103. The minimum absolute atomic E-state index is 0. The van der Waals surface area contributed by atoms with Gasteiger partial charge in [-0.15, -0.1) is 0 Å². The lowest BCUT2D eigenvalue weighted by atomic mass is 9.99. The van der Waals surface area contributed by atoms with Crippen LogP contribution >= 0.6 is 0 Å². The zero-order chi connectivity index (χ0) is 18.2. The largest absolute Gasteiger partial charge is 0.376 e. The lowest BCUT2D eigenvalue weighted by Crippen LogP contribution is -2.22. The van der Waals surface area contributed by atoms with Crippen LogP contribution < -0.4 is 10.5 Å². The van der Waals surface area contributed by atoms with Gasteiger partial charge in [-0.05, 0) is 31.5 Å². The highest BCUT2D eigenvalue weighted by Crippen LogP contribution is 2.31. The van der Waals surface area contributed by atoms with E-state index >= 15 is 0 Å². The number of aryl methyl sites for hydroxylation is 1. The van der Waals surface area contributed by atoms with Crippen LogP contribution in [-0.4, -0.2) is 44.3 Å². The van der Waals surface area contributed by atoms with Crippen molar-refractivity contribution >= 4 is 21.3 Å². The zero-order valence-electron chi connectivity index (χ0n) is 14.4. The van der Waals surface area contributed by atoms with E-state index in [9.17, 15) is 18.0 Å². The number of aromatic amines is 1. The standard InChI is InChI=1S/C16H21N3O4S.CH4/c1-6-19-16(21)12(9-17-19)15(20)11-7-8-13(24(5,22)23)14(10(11)2)18(3)4;/h7-9,17H,6H2,1-5H3;1H4. The van der Waals surface area contributed by atoms with Gasteiger partial charge in [-0.1, -0.05) is 7.43 Å². The number of carbonyl (C=O) groups excluding carboxylic acids is 1. The van der Waals surface area contributed by atoms with Gasteiger partial charge in [-0.3, -0.25) is 14.3 Å². The second kappa shape index (κ2) is 7.26. The van der Waals surface area contributed by atoms with Gasteiger partial charge in [0.05, 0.1) is 10.6 Å². The molecule has 1 aromatic heterocycles. The Kier molecular flexibility index (Phi) is 6.01. The number of aromatic nitrogens is 2. The van der Waals surface area contributed by atoms with Gasteiger partial charge in [-0.25, -0.2) is 8.42 Å². The van der Waals surface area contributed by atoms with E-state index in [4.69, 9.17) is 0 Å². The molecular formula is C17H25N3O4S. The van der Waals surface area contributed by atoms with Crippen molar-refractivity contribution in [3.05, 3.63) is 45.4 Å². The second-order valence-corrected chi connectivity index (χ2v) is 7.80. The van der Waals surface area contributed by atoms with Crippen molar-refractivity contribution in [3.63, 3.8) is 0 Å². The molecule has 0 radical (unpaired) electrons. The summed E-state index contributed by atoms with van der Waals surface area (Å²) in [4.78, 5) is 26.7. The zero-order valence-corrected chi connectivity index (χ0v) is 15.2. The number of hydrogen-bond acceptors (Lipinski definition) is 5. The van der Waals surface area contributed by atoms with Crippen LogP contribution in [0, 0.1) is 6.92 Å². The van der Waals surface area contributed by atoms with Gasteiger partial charge in [-0.2, -0.15) is 0 Å². The van der Waals surface area contributed by atoms with Gasteiger partial charge in [0.15, 0.2) is 9.84 Å². The summed E-state index contributed by atoms with van der Waals surface area (Å²) in [5.41, 5.74) is 0.939. The third-order valence-electron chi connectivity index (χ3n) is 3.89. The van der Waals surface area contributed by atoms with Crippen molar-refractivity contribution in [1.29, 1.82) is 0 Å². The molecule has 0 fully saturated rings. The Balaban J connectivity index is 0.00000312. The minimum atomic E-state index is -3.44. The normalized spacial score (nSPS) is 11.1. The molecule has 8 heteroatoms. The van der Waals surface area contributed by atoms with E-state index in [-0.39, 0.29) is 23.4 Å². The molecule has 1 aromatic carbocycles. The Bertz CT molecular complexity index is 953. The molecule has 0 spiro atoms. The molecule has 0 aliphatic carbocycles. The summed E-state index contributed by atoms with van der Waals surface area (Å²) in [5.74, 6) is -0.427. The fraction of sp³-hybridized carbons (Fsp3) is 0.412. The molecule has 0 amide bonds. The predicted octanol–water partition coefficient (Wildman–Crippen LogP) is 1.84. The first-order chi connectivity index (χ1) is 11.1. The molecule has 25 heavy (non-hydrogen) atoms. The summed E-state index contributed by atoms with van der Waals surface area (Å²) in [6, 6.07) is 2.87. The van der Waals surface area contributed by atoms with Gasteiger partial charge in [0.1, 0.15) is 5.56 Å². The first-order valence-corrected chi connectivity index (χ1v) is 9.32. The number of nitrogens with zero attached hydrogens (tertiary/aromatic N) is 2. The summed E-state index contributed by atoms with van der Waals surface area (Å²) < 4.78 is 25.3. The third-order valence-corrected chi connectivity index (χ3v) is 5.01. The van der Waals surface area contributed by atoms with E-state index < -0.39 is 15.6 Å². The number of anilines is 1. The molecule has 138 valence electrons. The van der Waals surface area contributed by atoms with Crippen molar-refractivity contribution in [2.75, 3.05) is 25.3 Å². The van der Waals surface area contributed by atoms with E-state index in [1.165, 1.54) is 23.0 Å². The molecule has 1 N–H and O–H groups in total. The molecule has 0 aliphatic heterocycles. The Hall–Kier alpha value is -2.35. The van der Waals surface area contributed by atoms with Crippen LogP contribution in [0.15, 0.2) is 28.0 Å². The molecule has 0 bridgehead atoms. The van der Waals surface area contributed by atoms with Crippen LogP contribution in [0.5, 0.6) is 0 Å². The number of sulfone groups is 1. The fourth-order valence-corrected chi connectivity index (χ4v) is 3.73. The molecule has 1 heterocycles. The fourth-order valence-electron chi connectivity index (χ4n) is 2.73. The van der Waals surface area contributed by atoms with Gasteiger partial charge in [0.25, 0.3) is 5.56 Å². The highest BCUT2D eigenvalue weighted by atomic mass is 32.2. The number of nitrogens with one attached hydrogen (secondary N) is 1. The number of H-pyrrole nitrogens is 1. The maximum Gasteiger partial charge on any atom is 0.277 e. The van der Waals surface area contributed by atoms with Crippen LogP contribution in [-0.2, 0) is 16.4 Å². The molecule has 0 aliphatic rings. The van der Waals surface area contributed by atoms with E-state index in [2.05, 4.69) is 5.10 Å². The maximum absolute atomic E-state index is 12.8. The summed E-state index contributed by atoms with van der Waals surface area (Å²) in [5, 5.41) is 2.74. The summed E-state index contributed by atoms with van der Waals surface area (Å²) >= 11 is 0. The van der Waals surface area contributed by atoms with Crippen LogP contribution in [0.2, 0.25) is 0 Å². The Morgan fingerprint density at radius 2 is 1.84 bits per heavy atom. The van der Waals surface area contributed by atoms with Gasteiger partial charge < -0.3 is 10.00 Å². The average molecular weight is 367 g/mol. The smallest absolute Gasteiger partial charge is 0.277 e.